The van der Waals surface area contributed by atoms with Crippen molar-refractivity contribution >= 4 is 29.4 Å². The number of alkyl halides is 3. The smallest absolute Gasteiger partial charge is 0.444 e. The maximum absolute atomic E-state index is 14.0. The highest BCUT2D eigenvalue weighted by atomic mass is 19.4. The van der Waals surface area contributed by atoms with Gasteiger partial charge in [0.25, 0.3) is 11.7 Å². The van der Waals surface area contributed by atoms with E-state index in [1.807, 2.05) is 6.07 Å². The largest absolute Gasteiger partial charge is 0.452 e. The Morgan fingerprint density at radius 1 is 0.864 bits per heavy atom. The molecule has 1 aliphatic heterocycles. The molecule has 0 fully saturated rings. The summed E-state index contributed by atoms with van der Waals surface area (Å²) in [5.74, 6) is -4.13. The minimum Gasteiger partial charge on any atom is -0.444 e. The normalized spacial score (nSPS) is 15.9. The van der Waals surface area contributed by atoms with Crippen molar-refractivity contribution in [3.05, 3.63) is 114 Å². The number of nitrogens with one attached hydrogen (secondary N) is 1. The van der Waals surface area contributed by atoms with Gasteiger partial charge in [0.2, 0.25) is 5.91 Å². The highest BCUT2D eigenvalue weighted by Crippen LogP contribution is 2.30. The van der Waals surface area contributed by atoms with E-state index in [-0.39, 0.29) is 12.3 Å². The van der Waals surface area contributed by atoms with Crippen LogP contribution in [0.4, 0.5) is 18.0 Å². The van der Waals surface area contributed by atoms with Gasteiger partial charge in [-0.25, -0.2) is 4.79 Å². The molecule has 2 unspecified atom stereocenters. The zero-order valence-electron chi connectivity index (χ0n) is 24.2. The molecule has 0 saturated heterocycles. The molecule has 3 amide bonds. The van der Waals surface area contributed by atoms with E-state index in [0.717, 1.165) is 10.5 Å². The summed E-state index contributed by atoms with van der Waals surface area (Å²) in [4.78, 5) is 55.1. The number of hydrogen-bond donors (Lipinski definition) is 1. The van der Waals surface area contributed by atoms with Gasteiger partial charge >= 0.3 is 12.3 Å². The van der Waals surface area contributed by atoms with Crippen LogP contribution in [0.15, 0.2) is 97.2 Å². The highest BCUT2D eigenvalue weighted by molar-refractivity contribution is 6.00. The minimum atomic E-state index is -5.19. The molecular formula is C33H32F3N3O5. The molecule has 0 bridgehead atoms. The Morgan fingerprint density at radius 2 is 1.41 bits per heavy atom. The fourth-order valence-electron chi connectivity index (χ4n) is 4.89. The lowest BCUT2D eigenvalue weighted by Gasteiger charge is -2.40. The molecule has 4 rings (SSSR count). The van der Waals surface area contributed by atoms with Gasteiger partial charge < -0.3 is 10.1 Å². The summed E-state index contributed by atoms with van der Waals surface area (Å²) in [6.45, 7) is 2.72. The summed E-state index contributed by atoms with van der Waals surface area (Å²) in [5, 5.41) is 2.19. The molecule has 0 radical (unpaired) electrons. The molecule has 1 N–H and O–H groups in total. The van der Waals surface area contributed by atoms with Crippen LogP contribution < -0.4 is 5.32 Å². The third-order valence-electron chi connectivity index (χ3n) is 7.00. The molecule has 0 aromatic heterocycles. The average molecular weight is 608 g/mol. The summed E-state index contributed by atoms with van der Waals surface area (Å²) in [5.41, 5.74) is 1.80. The van der Waals surface area contributed by atoms with Gasteiger partial charge in [-0.05, 0) is 22.6 Å². The first-order valence-corrected chi connectivity index (χ1v) is 14.0. The van der Waals surface area contributed by atoms with Gasteiger partial charge in [0.15, 0.2) is 0 Å². The van der Waals surface area contributed by atoms with E-state index in [9.17, 15) is 32.3 Å². The van der Waals surface area contributed by atoms with Crippen LogP contribution in [0.25, 0.3) is 5.70 Å². The standard InChI is InChI=1S/C33H32F3N3O5/c1-22(2)29-31(42)38(20-28(40)37-26(30(41)33(34,35)36)18-23-12-6-3-7-13-23)27(25-16-10-5-11-17-25)19-39(29)32(43)44-21-24-14-8-4-9-15-24/h3-17,19,22,26,29H,18,20-21H2,1-2H3,(H,37,40). The second-order valence-electron chi connectivity index (χ2n) is 10.6. The second kappa shape index (κ2) is 14.0. The van der Waals surface area contributed by atoms with E-state index in [4.69, 9.17) is 4.74 Å². The lowest BCUT2D eigenvalue weighted by Crippen LogP contribution is -2.57. The van der Waals surface area contributed by atoms with Crippen molar-refractivity contribution in [3.8, 4) is 0 Å². The topological polar surface area (TPSA) is 96.0 Å². The Bertz CT molecular complexity index is 1500. The van der Waals surface area contributed by atoms with Crippen LogP contribution in [0.2, 0.25) is 0 Å². The zero-order valence-corrected chi connectivity index (χ0v) is 24.2. The Morgan fingerprint density at radius 3 is 1.95 bits per heavy atom. The summed E-state index contributed by atoms with van der Waals surface area (Å²) in [6, 6.07) is 22.5. The highest BCUT2D eigenvalue weighted by Gasteiger charge is 2.45. The van der Waals surface area contributed by atoms with E-state index < -0.39 is 60.8 Å². The lowest BCUT2D eigenvalue weighted by molar-refractivity contribution is -0.173. The van der Waals surface area contributed by atoms with Crippen LogP contribution in [0.3, 0.4) is 0 Å². The fourth-order valence-corrected chi connectivity index (χ4v) is 4.89. The van der Waals surface area contributed by atoms with Gasteiger partial charge in [-0.15, -0.1) is 0 Å². The molecule has 0 spiro atoms. The maximum atomic E-state index is 14.0. The van der Waals surface area contributed by atoms with Crippen molar-refractivity contribution < 1.29 is 37.1 Å². The number of ketones is 1. The summed E-state index contributed by atoms with van der Waals surface area (Å²) in [6.07, 6.45) is -4.95. The molecule has 3 aromatic rings. The van der Waals surface area contributed by atoms with Crippen molar-refractivity contribution in [1.82, 2.24) is 15.1 Å². The molecule has 1 aliphatic rings. The number of hydrogen-bond acceptors (Lipinski definition) is 5. The van der Waals surface area contributed by atoms with Gasteiger partial charge in [-0.1, -0.05) is 105 Å². The number of amides is 3. The van der Waals surface area contributed by atoms with E-state index in [1.165, 1.54) is 11.1 Å². The van der Waals surface area contributed by atoms with Crippen LogP contribution in [-0.4, -0.2) is 58.3 Å². The first kappa shape index (κ1) is 32.0. The molecule has 11 heteroatoms. The molecule has 2 atom stereocenters. The molecule has 0 aliphatic carbocycles. The number of carbonyl (C=O) groups excluding carboxylic acids is 4. The predicted octanol–water partition coefficient (Wildman–Crippen LogP) is 5.35. The number of rotatable bonds is 10. The third kappa shape index (κ3) is 7.91. The maximum Gasteiger partial charge on any atom is 0.452 e. The predicted molar refractivity (Wildman–Crippen MR) is 156 cm³/mol. The molecule has 8 nitrogen and oxygen atoms in total. The van der Waals surface area contributed by atoms with Gasteiger partial charge in [-0.2, -0.15) is 13.2 Å². The monoisotopic (exact) mass is 607 g/mol. The molecule has 0 saturated carbocycles. The van der Waals surface area contributed by atoms with Crippen LogP contribution in [0.1, 0.15) is 30.5 Å². The summed E-state index contributed by atoms with van der Waals surface area (Å²) in [7, 11) is 0. The van der Waals surface area contributed by atoms with Crippen molar-refractivity contribution in [3.63, 3.8) is 0 Å². The molecule has 230 valence electrons. The summed E-state index contributed by atoms with van der Waals surface area (Å²) < 4.78 is 45.9. The Kier molecular flexibility index (Phi) is 10.2. The number of nitrogens with zero attached hydrogens (tertiary/aromatic N) is 2. The lowest BCUT2D eigenvalue weighted by atomic mass is 9.97. The number of halogens is 3. The number of carbonyl (C=O) groups is 4. The van der Waals surface area contributed by atoms with Crippen molar-refractivity contribution in [1.29, 1.82) is 0 Å². The minimum absolute atomic E-state index is 0.0359. The van der Waals surface area contributed by atoms with Gasteiger partial charge in [0, 0.05) is 12.6 Å². The van der Waals surface area contributed by atoms with Crippen LogP contribution >= 0.6 is 0 Å². The van der Waals surface area contributed by atoms with E-state index in [1.54, 1.807) is 98.8 Å². The van der Waals surface area contributed by atoms with E-state index in [2.05, 4.69) is 5.32 Å². The number of benzene rings is 3. The second-order valence-corrected chi connectivity index (χ2v) is 10.6. The van der Waals surface area contributed by atoms with Gasteiger partial charge in [0.05, 0.1) is 5.70 Å². The first-order valence-electron chi connectivity index (χ1n) is 14.0. The SMILES string of the molecule is CC(C)C1C(=O)N(CC(=O)NC(Cc2ccccc2)C(=O)C(F)(F)F)C(c2ccccc2)=CN1C(=O)OCc1ccccc1. The Hall–Kier alpha value is -4.93. The van der Waals surface area contributed by atoms with Crippen LogP contribution in [0, 0.1) is 5.92 Å². The zero-order chi connectivity index (χ0) is 31.9. The number of ether oxygens (including phenoxy) is 1. The Labute approximate surface area is 253 Å². The first-order chi connectivity index (χ1) is 21.0. The van der Waals surface area contributed by atoms with Crippen LogP contribution in [0.5, 0.6) is 0 Å². The van der Waals surface area contributed by atoms with E-state index in [0.29, 0.717) is 11.1 Å². The van der Waals surface area contributed by atoms with Gasteiger partial charge in [-0.3, -0.25) is 24.2 Å². The fraction of sp³-hybridized carbons (Fsp3) is 0.273. The van der Waals surface area contributed by atoms with Crippen molar-refractivity contribution in [2.45, 2.75) is 45.1 Å². The molecule has 1 heterocycles. The summed E-state index contributed by atoms with van der Waals surface area (Å²) >= 11 is 0. The average Bonchev–Trinajstić information content (AvgIpc) is 3.00. The Balaban J connectivity index is 1.63. The van der Waals surface area contributed by atoms with E-state index >= 15 is 0 Å². The number of Topliss-reactive ketones (excluding diaryl/α,β-unsaturated/α-hetero) is 1. The van der Waals surface area contributed by atoms with Crippen molar-refractivity contribution in [2.24, 2.45) is 5.92 Å². The quantitative estimate of drug-likeness (QED) is 0.335. The third-order valence-corrected chi connectivity index (χ3v) is 7.00. The van der Waals surface area contributed by atoms with Crippen molar-refractivity contribution in [2.75, 3.05) is 6.54 Å². The van der Waals surface area contributed by atoms with Crippen LogP contribution in [-0.2, 0) is 32.1 Å². The molecule has 3 aromatic carbocycles. The molecule has 44 heavy (non-hydrogen) atoms. The van der Waals surface area contributed by atoms with Gasteiger partial charge in [0.1, 0.15) is 25.2 Å². The molecular weight excluding hydrogens is 575 g/mol.